The average Bonchev–Trinajstić information content (AvgIpc) is 2.82. The Kier molecular flexibility index (Phi) is 3.19. The number of nitrogens with zero attached hydrogens (tertiary/aromatic N) is 2. The van der Waals surface area contributed by atoms with Crippen molar-refractivity contribution in [1.29, 1.82) is 0 Å². The summed E-state index contributed by atoms with van der Waals surface area (Å²) >= 11 is 0. The van der Waals surface area contributed by atoms with Crippen LogP contribution >= 0.6 is 0 Å². The van der Waals surface area contributed by atoms with Crippen LogP contribution in [0.2, 0.25) is 0 Å². The SMILES string of the molecule is COc1ccc2c(cnn2CC2CCNCC2)c1. The summed E-state index contributed by atoms with van der Waals surface area (Å²) in [5.74, 6) is 1.64. The fraction of sp³-hybridized carbons (Fsp3) is 0.500. The predicted molar refractivity (Wildman–Crippen MR) is 71.9 cm³/mol. The predicted octanol–water partition coefficient (Wildman–Crippen LogP) is 2.04. The first-order valence-electron chi connectivity index (χ1n) is 6.57. The second-order valence-corrected chi connectivity index (χ2v) is 4.94. The summed E-state index contributed by atoms with van der Waals surface area (Å²) in [6, 6.07) is 6.15. The number of fused-ring (bicyclic) bond motifs is 1. The zero-order valence-corrected chi connectivity index (χ0v) is 10.7. The van der Waals surface area contributed by atoms with Gasteiger partial charge in [-0.25, -0.2) is 0 Å². The number of ether oxygens (including phenoxy) is 1. The maximum atomic E-state index is 5.24. The average molecular weight is 245 g/mol. The number of hydrogen-bond acceptors (Lipinski definition) is 3. The minimum absolute atomic E-state index is 0.747. The van der Waals surface area contributed by atoms with E-state index in [1.54, 1.807) is 7.11 Å². The molecule has 2 heterocycles. The van der Waals surface area contributed by atoms with Gasteiger partial charge in [-0.1, -0.05) is 0 Å². The van der Waals surface area contributed by atoms with E-state index in [9.17, 15) is 0 Å². The maximum Gasteiger partial charge on any atom is 0.119 e. The fourth-order valence-electron chi connectivity index (χ4n) is 2.65. The van der Waals surface area contributed by atoms with E-state index in [0.29, 0.717) is 0 Å². The smallest absolute Gasteiger partial charge is 0.119 e. The topological polar surface area (TPSA) is 39.1 Å². The van der Waals surface area contributed by atoms with Gasteiger partial charge in [0.1, 0.15) is 5.75 Å². The van der Waals surface area contributed by atoms with Gasteiger partial charge in [-0.15, -0.1) is 0 Å². The van der Waals surface area contributed by atoms with Crippen LogP contribution in [0.3, 0.4) is 0 Å². The van der Waals surface area contributed by atoms with Gasteiger partial charge in [0.2, 0.25) is 0 Å². The lowest BCUT2D eigenvalue weighted by Crippen LogP contribution is -2.30. The van der Waals surface area contributed by atoms with Gasteiger partial charge in [-0.2, -0.15) is 5.10 Å². The molecular weight excluding hydrogens is 226 g/mol. The quantitative estimate of drug-likeness (QED) is 0.899. The van der Waals surface area contributed by atoms with Crippen molar-refractivity contribution in [3.05, 3.63) is 24.4 Å². The van der Waals surface area contributed by atoms with E-state index in [-0.39, 0.29) is 0 Å². The molecule has 0 aliphatic carbocycles. The van der Waals surface area contributed by atoms with Crippen molar-refractivity contribution in [3.63, 3.8) is 0 Å². The molecule has 4 heteroatoms. The normalized spacial score (nSPS) is 17.2. The third-order valence-electron chi connectivity index (χ3n) is 3.74. The monoisotopic (exact) mass is 245 g/mol. The third-order valence-corrected chi connectivity index (χ3v) is 3.74. The van der Waals surface area contributed by atoms with E-state index in [1.165, 1.54) is 18.4 Å². The number of aromatic nitrogens is 2. The van der Waals surface area contributed by atoms with Crippen LogP contribution in [-0.2, 0) is 6.54 Å². The molecule has 1 aromatic heterocycles. The van der Waals surface area contributed by atoms with Gasteiger partial charge < -0.3 is 10.1 Å². The van der Waals surface area contributed by atoms with Crippen molar-refractivity contribution < 1.29 is 4.74 Å². The molecule has 1 aromatic carbocycles. The molecule has 1 fully saturated rings. The van der Waals surface area contributed by atoms with E-state index in [4.69, 9.17) is 4.74 Å². The van der Waals surface area contributed by atoms with Crippen molar-refractivity contribution in [2.45, 2.75) is 19.4 Å². The Labute approximate surface area is 107 Å². The minimum atomic E-state index is 0.747. The number of hydrogen-bond donors (Lipinski definition) is 1. The molecule has 1 aliphatic heterocycles. The number of methoxy groups -OCH3 is 1. The first kappa shape index (κ1) is 11.5. The first-order valence-corrected chi connectivity index (χ1v) is 6.57. The molecule has 1 saturated heterocycles. The maximum absolute atomic E-state index is 5.24. The van der Waals surface area contributed by atoms with E-state index >= 15 is 0 Å². The van der Waals surface area contributed by atoms with E-state index < -0.39 is 0 Å². The van der Waals surface area contributed by atoms with Crippen LogP contribution in [-0.4, -0.2) is 30.0 Å². The number of nitrogens with one attached hydrogen (secondary N) is 1. The molecule has 1 aliphatic rings. The van der Waals surface area contributed by atoms with Crippen LogP contribution in [0.4, 0.5) is 0 Å². The summed E-state index contributed by atoms with van der Waals surface area (Å²) in [6.45, 7) is 3.30. The zero-order chi connectivity index (χ0) is 12.4. The zero-order valence-electron chi connectivity index (χ0n) is 10.7. The minimum Gasteiger partial charge on any atom is -0.497 e. The molecule has 96 valence electrons. The Morgan fingerprint density at radius 1 is 1.39 bits per heavy atom. The Morgan fingerprint density at radius 3 is 3.00 bits per heavy atom. The number of piperidine rings is 1. The molecule has 0 saturated carbocycles. The van der Waals surface area contributed by atoms with Crippen LogP contribution in [0.1, 0.15) is 12.8 Å². The molecule has 2 aromatic rings. The third kappa shape index (κ3) is 2.20. The second kappa shape index (κ2) is 4.98. The van der Waals surface area contributed by atoms with E-state index in [0.717, 1.165) is 36.7 Å². The van der Waals surface area contributed by atoms with Crippen LogP contribution in [0, 0.1) is 5.92 Å². The van der Waals surface area contributed by atoms with Crippen molar-refractivity contribution in [2.75, 3.05) is 20.2 Å². The number of rotatable bonds is 3. The molecule has 0 radical (unpaired) electrons. The molecule has 3 rings (SSSR count). The molecule has 0 atom stereocenters. The van der Waals surface area contributed by atoms with E-state index in [2.05, 4.69) is 21.2 Å². The molecule has 18 heavy (non-hydrogen) atoms. The van der Waals surface area contributed by atoms with E-state index in [1.807, 2.05) is 18.3 Å². The summed E-state index contributed by atoms with van der Waals surface area (Å²) in [7, 11) is 1.70. The molecule has 0 bridgehead atoms. The molecule has 0 spiro atoms. The number of benzene rings is 1. The van der Waals surface area contributed by atoms with Crippen molar-refractivity contribution in [3.8, 4) is 5.75 Å². The highest BCUT2D eigenvalue weighted by Gasteiger charge is 2.15. The lowest BCUT2D eigenvalue weighted by atomic mass is 9.98. The van der Waals surface area contributed by atoms with Gasteiger partial charge in [0.05, 0.1) is 18.8 Å². The van der Waals surface area contributed by atoms with Crippen molar-refractivity contribution in [2.24, 2.45) is 5.92 Å². The van der Waals surface area contributed by atoms with Crippen LogP contribution in [0.25, 0.3) is 10.9 Å². The summed E-state index contributed by atoms with van der Waals surface area (Å²) in [4.78, 5) is 0. The Balaban J connectivity index is 1.83. The van der Waals surface area contributed by atoms with Gasteiger partial charge in [0.15, 0.2) is 0 Å². The van der Waals surface area contributed by atoms with Crippen LogP contribution < -0.4 is 10.1 Å². The van der Waals surface area contributed by atoms with Gasteiger partial charge in [0.25, 0.3) is 0 Å². The molecule has 0 unspecified atom stereocenters. The summed E-state index contributed by atoms with van der Waals surface area (Å²) in [5.41, 5.74) is 1.20. The highest BCUT2D eigenvalue weighted by molar-refractivity contribution is 5.80. The first-order chi connectivity index (χ1) is 8.86. The molecule has 0 amide bonds. The van der Waals surface area contributed by atoms with Crippen LogP contribution in [0.5, 0.6) is 5.75 Å². The highest BCUT2D eigenvalue weighted by atomic mass is 16.5. The Hall–Kier alpha value is -1.55. The van der Waals surface area contributed by atoms with Crippen molar-refractivity contribution in [1.82, 2.24) is 15.1 Å². The lowest BCUT2D eigenvalue weighted by Gasteiger charge is -2.22. The molecular formula is C14H19N3O. The summed E-state index contributed by atoms with van der Waals surface area (Å²) in [5, 5.41) is 9.06. The van der Waals surface area contributed by atoms with Crippen molar-refractivity contribution >= 4 is 10.9 Å². The Bertz CT molecular complexity index is 529. The molecule has 4 nitrogen and oxygen atoms in total. The van der Waals surface area contributed by atoms with Gasteiger partial charge in [0, 0.05) is 11.9 Å². The lowest BCUT2D eigenvalue weighted by molar-refractivity contribution is 0.325. The fourth-order valence-corrected chi connectivity index (χ4v) is 2.65. The summed E-state index contributed by atoms with van der Waals surface area (Å²) in [6.07, 6.45) is 4.42. The van der Waals surface area contributed by atoms with Gasteiger partial charge in [-0.3, -0.25) is 4.68 Å². The largest absolute Gasteiger partial charge is 0.497 e. The Morgan fingerprint density at radius 2 is 2.22 bits per heavy atom. The highest BCUT2D eigenvalue weighted by Crippen LogP contribution is 2.22. The molecule has 1 N–H and O–H groups in total. The summed E-state index contributed by atoms with van der Waals surface area (Å²) < 4.78 is 7.37. The van der Waals surface area contributed by atoms with Gasteiger partial charge >= 0.3 is 0 Å². The second-order valence-electron chi connectivity index (χ2n) is 4.94. The van der Waals surface area contributed by atoms with Gasteiger partial charge in [-0.05, 0) is 50.0 Å². The standard InChI is InChI=1S/C14H19N3O/c1-18-13-2-3-14-12(8-13)9-16-17(14)10-11-4-6-15-7-5-11/h2-3,8-9,11,15H,4-7,10H2,1H3. The van der Waals surface area contributed by atoms with Crippen LogP contribution in [0.15, 0.2) is 24.4 Å².